The fourth-order valence-corrected chi connectivity index (χ4v) is 3.83. The molecule has 4 heteroatoms. The molecule has 0 aliphatic carbocycles. The molecule has 0 saturated heterocycles. The van der Waals surface area contributed by atoms with Gasteiger partial charge in [-0.25, -0.2) is 4.79 Å². The summed E-state index contributed by atoms with van der Waals surface area (Å²) in [4.78, 5) is 16.8. The quantitative estimate of drug-likeness (QED) is 0.699. The number of hydrogen-bond acceptors (Lipinski definition) is 2. The summed E-state index contributed by atoms with van der Waals surface area (Å²) < 4.78 is 0. The zero-order chi connectivity index (χ0) is 16.4. The first-order valence-electron chi connectivity index (χ1n) is 7.81. The Morgan fingerprint density at radius 3 is 1.96 bits per heavy atom. The van der Waals surface area contributed by atoms with Gasteiger partial charge in [0, 0.05) is 16.3 Å². The molecule has 4 rings (SSSR count). The van der Waals surface area contributed by atoms with E-state index in [4.69, 9.17) is 0 Å². The molecule has 0 fully saturated rings. The number of rotatable bonds is 2. The van der Waals surface area contributed by atoms with Gasteiger partial charge in [0.2, 0.25) is 0 Å². The van der Waals surface area contributed by atoms with Crippen LogP contribution in [0.4, 0.5) is 16.2 Å². The summed E-state index contributed by atoms with van der Waals surface area (Å²) in [6, 6.07) is 25.8. The van der Waals surface area contributed by atoms with E-state index in [0.717, 1.165) is 26.7 Å². The van der Waals surface area contributed by atoms with Crippen molar-refractivity contribution < 1.29 is 4.79 Å². The highest BCUT2D eigenvalue weighted by Crippen LogP contribution is 2.47. The zero-order valence-corrected chi connectivity index (χ0v) is 13.8. The summed E-state index contributed by atoms with van der Waals surface area (Å²) in [5, 5.41) is 3.03. The first-order chi connectivity index (χ1) is 11.8. The van der Waals surface area contributed by atoms with Crippen LogP contribution in [0.2, 0.25) is 0 Å². The number of hydrogen-bond donors (Lipinski definition) is 1. The van der Waals surface area contributed by atoms with Crippen molar-refractivity contribution >= 4 is 29.2 Å². The molecular formula is C20H16N2OS. The second-order valence-electron chi connectivity index (χ2n) is 5.52. The van der Waals surface area contributed by atoms with Gasteiger partial charge < -0.3 is 5.32 Å². The molecule has 3 nitrogen and oxygen atoms in total. The van der Waals surface area contributed by atoms with Crippen LogP contribution < -0.4 is 10.2 Å². The fraction of sp³-hybridized carbons (Fsp3) is 0.0500. The molecule has 1 heterocycles. The van der Waals surface area contributed by atoms with Crippen molar-refractivity contribution in [3.05, 3.63) is 84.4 Å². The van der Waals surface area contributed by atoms with E-state index in [0.29, 0.717) is 6.54 Å². The maximum atomic E-state index is 12.9. The first-order valence-corrected chi connectivity index (χ1v) is 8.62. The molecule has 24 heavy (non-hydrogen) atoms. The van der Waals surface area contributed by atoms with Gasteiger partial charge in [-0.15, -0.1) is 0 Å². The third-order valence-corrected chi connectivity index (χ3v) is 5.05. The van der Waals surface area contributed by atoms with Crippen LogP contribution in [0.15, 0.2) is 88.7 Å². The van der Waals surface area contributed by atoms with Crippen LogP contribution in [-0.2, 0) is 6.54 Å². The van der Waals surface area contributed by atoms with Crippen molar-refractivity contribution in [2.45, 2.75) is 16.3 Å². The van der Waals surface area contributed by atoms with E-state index in [2.05, 4.69) is 5.32 Å². The van der Waals surface area contributed by atoms with Crippen molar-refractivity contribution in [2.75, 3.05) is 4.90 Å². The smallest absolute Gasteiger partial charge is 0.326 e. The normalized spacial score (nSPS) is 12.2. The Morgan fingerprint density at radius 2 is 1.33 bits per heavy atom. The van der Waals surface area contributed by atoms with E-state index >= 15 is 0 Å². The number of nitrogens with zero attached hydrogens (tertiary/aromatic N) is 1. The third-order valence-electron chi connectivity index (χ3n) is 3.92. The summed E-state index contributed by atoms with van der Waals surface area (Å²) in [6.07, 6.45) is 0. The molecule has 0 bridgehead atoms. The Morgan fingerprint density at radius 1 is 0.792 bits per heavy atom. The van der Waals surface area contributed by atoms with Gasteiger partial charge in [-0.1, -0.05) is 66.4 Å². The molecule has 3 aromatic carbocycles. The lowest BCUT2D eigenvalue weighted by atomic mass is 10.2. The number of benzene rings is 3. The highest BCUT2D eigenvalue weighted by Gasteiger charge is 2.27. The van der Waals surface area contributed by atoms with Gasteiger partial charge in [-0.05, 0) is 29.8 Å². The van der Waals surface area contributed by atoms with E-state index in [9.17, 15) is 4.79 Å². The zero-order valence-electron chi connectivity index (χ0n) is 13.0. The lowest BCUT2D eigenvalue weighted by Gasteiger charge is -2.31. The Balaban J connectivity index is 1.65. The van der Waals surface area contributed by atoms with Crippen LogP contribution in [0, 0.1) is 0 Å². The molecule has 0 radical (unpaired) electrons. The molecule has 118 valence electrons. The Hall–Kier alpha value is -2.72. The Labute approximate surface area is 145 Å². The lowest BCUT2D eigenvalue weighted by Crippen LogP contribution is -2.37. The number of fused-ring (bicyclic) bond motifs is 2. The van der Waals surface area contributed by atoms with Gasteiger partial charge >= 0.3 is 6.03 Å². The molecule has 0 spiro atoms. The molecule has 1 aliphatic heterocycles. The Bertz CT molecular complexity index is 834. The maximum absolute atomic E-state index is 12.9. The minimum atomic E-state index is -0.112. The van der Waals surface area contributed by atoms with Gasteiger partial charge in [0.15, 0.2) is 0 Å². The average molecular weight is 332 g/mol. The summed E-state index contributed by atoms with van der Waals surface area (Å²) >= 11 is 1.70. The van der Waals surface area contributed by atoms with E-state index < -0.39 is 0 Å². The third kappa shape index (κ3) is 2.76. The number of urea groups is 1. The standard InChI is InChI=1S/C20H16N2OS/c23-20(21-14-15-8-2-1-3-9-15)22-16-10-4-6-12-18(16)24-19-13-7-5-11-17(19)22/h1-13H,14H2,(H,21,23). The van der Waals surface area contributed by atoms with Gasteiger partial charge in [0.25, 0.3) is 0 Å². The van der Waals surface area contributed by atoms with Crippen LogP contribution in [-0.4, -0.2) is 6.03 Å². The van der Waals surface area contributed by atoms with E-state index in [1.54, 1.807) is 16.7 Å². The van der Waals surface area contributed by atoms with Crippen LogP contribution in [0.3, 0.4) is 0 Å². The predicted molar refractivity (Wildman–Crippen MR) is 97.8 cm³/mol. The van der Waals surface area contributed by atoms with E-state index in [1.165, 1.54) is 0 Å². The molecule has 3 aromatic rings. The van der Waals surface area contributed by atoms with Crippen molar-refractivity contribution in [1.82, 2.24) is 5.32 Å². The van der Waals surface area contributed by atoms with Crippen LogP contribution in [0.5, 0.6) is 0 Å². The number of carbonyl (C=O) groups excluding carboxylic acids is 1. The average Bonchev–Trinajstić information content (AvgIpc) is 2.65. The van der Waals surface area contributed by atoms with Crippen molar-refractivity contribution in [2.24, 2.45) is 0 Å². The minimum Gasteiger partial charge on any atom is -0.333 e. The topological polar surface area (TPSA) is 32.3 Å². The second-order valence-corrected chi connectivity index (χ2v) is 6.60. The summed E-state index contributed by atoms with van der Waals surface area (Å²) in [5.74, 6) is 0. The van der Waals surface area contributed by atoms with E-state index in [-0.39, 0.29) is 6.03 Å². The highest BCUT2D eigenvalue weighted by molar-refractivity contribution is 7.99. The van der Waals surface area contributed by atoms with Gasteiger partial charge in [0.1, 0.15) is 0 Å². The first kappa shape index (κ1) is 14.8. The van der Waals surface area contributed by atoms with Crippen LogP contribution in [0.1, 0.15) is 5.56 Å². The van der Waals surface area contributed by atoms with Gasteiger partial charge in [0.05, 0.1) is 11.4 Å². The highest BCUT2D eigenvalue weighted by atomic mass is 32.2. The monoisotopic (exact) mass is 332 g/mol. The molecule has 0 aromatic heterocycles. The summed E-state index contributed by atoms with van der Waals surface area (Å²) in [7, 11) is 0. The van der Waals surface area contributed by atoms with Crippen LogP contribution >= 0.6 is 11.8 Å². The molecule has 1 N–H and O–H groups in total. The second kappa shape index (κ2) is 6.42. The molecule has 0 saturated carbocycles. The SMILES string of the molecule is O=C(NCc1ccccc1)N1c2ccccc2Sc2ccccc21. The number of amides is 2. The van der Waals surface area contributed by atoms with Crippen molar-refractivity contribution in [1.29, 1.82) is 0 Å². The lowest BCUT2D eigenvalue weighted by molar-refractivity contribution is 0.248. The van der Waals surface area contributed by atoms with Gasteiger partial charge in [-0.3, -0.25) is 4.90 Å². The van der Waals surface area contributed by atoms with Crippen molar-refractivity contribution in [3.8, 4) is 0 Å². The largest absolute Gasteiger partial charge is 0.333 e. The predicted octanol–water partition coefficient (Wildman–Crippen LogP) is 5.20. The van der Waals surface area contributed by atoms with Crippen LogP contribution in [0.25, 0.3) is 0 Å². The minimum absolute atomic E-state index is 0.112. The number of anilines is 2. The molecule has 1 aliphatic rings. The van der Waals surface area contributed by atoms with Gasteiger partial charge in [-0.2, -0.15) is 0 Å². The Kier molecular flexibility index (Phi) is 3.97. The number of carbonyl (C=O) groups is 1. The number of para-hydroxylation sites is 2. The molecule has 0 atom stereocenters. The fourth-order valence-electron chi connectivity index (χ4n) is 2.78. The maximum Gasteiger partial charge on any atom is 0.326 e. The number of nitrogens with one attached hydrogen (secondary N) is 1. The van der Waals surface area contributed by atoms with E-state index in [1.807, 2.05) is 78.9 Å². The molecular weight excluding hydrogens is 316 g/mol. The molecule has 0 unspecified atom stereocenters. The summed E-state index contributed by atoms with van der Waals surface area (Å²) in [5.41, 5.74) is 2.93. The molecule has 2 amide bonds. The summed E-state index contributed by atoms with van der Waals surface area (Å²) in [6.45, 7) is 0.508. The van der Waals surface area contributed by atoms with Crippen molar-refractivity contribution in [3.63, 3.8) is 0 Å².